The minimum absolute atomic E-state index is 0.168. The highest BCUT2D eigenvalue weighted by Crippen LogP contribution is 2.20. The fourth-order valence-corrected chi connectivity index (χ4v) is 4.64. The largest absolute Gasteiger partial charge is 0.330 e. The Balaban J connectivity index is 1.78. The van der Waals surface area contributed by atoms with E-state index in [1.54, 1.807) is 36.4 Å². The van der Waals surface area contributed by atoms with E-state index in [1.807, 2.05) is 55.4 Å². The third-order valence-corrected chi connectivity index (χ3v) is 6.72. The summed E-state index contributed by atoms with van der Waals surface area (Å²) in [7, 11) is 0. The van der Waals surface area contributed by atoms with Gasteiger partial charge in [-0.05, 0) is 84.7 Å². The van der Waals surface area contributed by atoms with Crippen molar-refractivity contribution in [1.29, 1.82) is 0 Å². The summed E-state index contributed by atoms with van der Waals surface area (Å²) in [6, 6.07) is 6.94. The predicted molar refractivity (Wildman–Crippen MR) is 147 cm³/mol. The summed E-state index contributed by atoms with van der Waals surface area (Å²) >= 11 is 0. The fraction of sp³-hybridized carbons (Fsp3) is 0.500. The van der Waals surface area contributed by atoms with E-state index >= 15 is 0 Å². The van der Waals surface area contributed by atoms with Gasteiger partial charge in [0.1, 0.15) is 11.4 Å². The van der Waals surface area contributed by atoms with Crippen molar-refractivity contribution in [3.8, 4) is 0 Å². The highest BCUT2D eigenvalue weighted by molar-refractivity contribution is 6.14. The quantitative estimate of drug-likeness (QED) is 0.358. The molecule has 0 atom stereocenters. The maximum Gasteiger partial charge on any atom is 0.330 e. The molecule has 0 saturated carbocycles. The van der Waals surface area contributed by atoms with Crippen LogP contribution in [0.5, 0.6) is 0 Å². The molecule has 0 unspecified atom stereocenters. The number of carbonyl (C=O) groups excluding carboxylic acids is 4. The van der Waals surface area contributed by atoms with Gasteiger partial charge in [-0.3, -0.25) is 19.4 Å². The van der Waals surface area contributed by atoms with Gasteiger partial charge in [0.2, 0.25) is 0 Å². The standard InChI is InChI=1S/C28H40N6O4/c1-17(2)31(18(3)4)15-33-25(35)23(29-27(33)37)13-21-10-9-11-22(12-21)14-24-26(36)34(28(38)30-24)16-32(19(5)6)20(7)8/h9-14,17-20H,15-16H2,1-8H3,(H,29,37)(H,30,38)/b23-13-,24-14+. The van der Waals surface area contributed by atoms with E-state index in [1.165, 1.54) is 9.80 Å². The molecule has 2 heterocycles. The molecule has 206 valence electrons. The van der Waals surface area contributed by atoms with Crippen LogP contribution >= 0.6 is 0 Å². The number of hydrogen-bond donors (Lipinski definition) is 2. The fourth-order valence-electron chi connectivity index (χ4n) is 4.64. The van der Waals surface area contributed by atoms with Gasteiger partial charge in [-0.2, -0.15) is 0 Å². The summed E-state index contributed by atoms with van der Waals surface area (Å²) in [6.07, 6.45) is 3.23. The second kappa shape index (κ2) is 11.9. The lowest BCUT2D eigenvalue weighted by atomic mass is 10.1. The van der Waals surface area contributed by atoms with Crippen molar-refractivity contribution in [1.82, 2.24) is 30.2 Å². The number of benzene rings is 1. The zero-order valence-corrected chi connectivity index (χ0v) is 23.6. The van der Waals surface area contributed by atoms with Crippen LogP contribution in [0.2, 0.25) is 0 Å². The first kappa shape index (κ1) is 29.1. The molecule has 0 spiro atoms. The Morgan fingerprint density at radius 3 is 1.32 bits per heavy atom. The topological polar surface area (TPSA) is 105 Å². The molecule has 2 N–H and O–H groups in total. The van der Waals surface area contributed by atoms with E-state index in [9.17, 15) is 19.2 Å². The van der Waals surface area contributed by atoms with Crippen molar-refractivity contribution in [3.05, 3.63) is 46.8 Å². The third kappa shape index (κ3) is 6.49. The Kier molecular flexibility index (Phi) is 9.11. The first-order valence-electron chi connectivity index (χ1n) is 13.1. The summed E-state index contributed by atoms with van der Waals surface area (Å²) in [5, 5.41) is 5.33. The zero-order chi connectivity index (χ0) is 28.3. The van der Waals surface area contributed by atoms with Gasteiger partial charge < -0.3 is 10.6 Å². The lowest BCUT2D eigenvalue weighted by molar-refractivity contribution is -0.125. The molecule has 1 aromatic carbocycles. The van der Waals surface area contributed by atoms with Crippen LogP contribution in [0.1, 0.15) is 66.5 Å². The lowest BCUT2D eigenvalue weighted by Gasteiger charge is -2.32. The van der Waals surface area contributed by atoms with Crippen molar-refractivity contribution in [2.45, 2.75) is 79.6 Å². The third-order valence-electron chi connectivity index (χ3n) is 6.72. The molecule has 10 nitrogen and oxygen atoms in total. The van der Waals surface area contributed by atoms with Crippen LogP contribution in [0, 0.1) is 0 Å². The maximum absolute atomic E-state index is 13.0. The first-order valence-corrected chi connectivity index (χ1v) is 13.1. The van der Waals surface area contributed by atoms with Crippen molar-refractivity contribution in [3.63, 3.8) is 0 Å². The molecule has 10 heteroatoms. The average molecular weight is 525 g/mol. The Morgan fingerprint density at radius 2 is 1.00 bits per heavy atom. The molecule has 2 fully saturated rings. The van der Waals surface area contributed by atoms with Gasteiger partial charge in [0.05, 0.1) is 13.3 Å². The Morgan fingerprint density at radius 1 is 0.658 bits per heavy atom. The van der Waals surface area contributed by atoms with E-state index < -0.39 is 23.9 Å². The van der Waals surface area contributed by atoms with Crippen molar-refractivity contribution >= 4 is 36.0 Å². The van der Waals surface area contributed by atoms with Gasteiger partial charge in [0, 0.05) is 24.2 Å². The molecule has 2 aliphatic rings. The SMILES string of the molecule is CC(C)N(CN1C(=O)N/C(=C\c2cccc(/C=C3/NC(=O)N(CN(C(C)C)C(C)C)C3=O)c2)C1=O)C(C)C. The molecule has 2 aliphatic heterocycles. The minimum Gasteiger partial charge on any atom is -0.303 e. The number of urea groups is 2. The molecule has 0 bridgehead atoms. The molecule has 38 heavy (non-hydrogen) atoms. The summed E-state index contributed by atoms with van der Waals surface area (Å²) in [4.78, 5) is 57.6. The highest BCUT2D eigenvalue weighted by Gasteiger charge is 2.37. The smallest absolute Gasteiger partial charge is 0.303 e. The molecule has 2 saturated heterocycles. The number of hydrogen-bond acceptors (Lipinski definition) is 6. The lowest BCUT2D eigenvalue weighted by Crippen LogP contribution is -2.47. The van der Waals surface area contributed by atoms with Crippen LogP contribution in [0.25, 0.3) is 12.2 Å². The van der Waals surface area contributed by atoms with Crippen LogP contribution in [0.15, 0.2) is 35.7 Å². The minimum atomic E-state index is -0.456. The first-order chi connectivity index (χ1) is 17.8. The molecule has 6 amide bonds. The Labute approximate surface area is 225 Å². The van der Waals surface area contributed by atoms with Crippen molar-refractivity contribution in [2.24, 2.45) is 0 Å². The summed E-state index contributed by atoms with van der Waals surface area (Å²) < 4.78 is 0. The molecule has 0 radical (unpaired) electrons. The van der Waals surface area contributed by atoms with Gasteiger partial charge in [-0.15, -0.1) is 0 Å². The van der Waals surface area contributed by atoms with Gasteiger partial charge >= 0.3 is 12.1 Å². The van der Waals surface area contributed by atoms with Gasteiger partial charge in [-0.25, -0.2) is 19.4 Å². The second-order valence-electron chi connectivity index (χ2n) is 10.8. The van der Waals surface area contributed by atoms with Crippen molar-refractivity contribution < 1.29 is 19.2 Å². The van der Waals surface area contributed by atoms with E-state index in [4.69, 9.17) is 0 Å². The van der Waals surface area contributed by atoms with Crippen LogP contribution in [0.3, 0.4) is 0 Å². The van der Waals surface area contributed by atoms with E-state index in [-0.39, 0.29) is 48.9 Å². The van der Waals surface area contributed by atoms with Crippen LogP contribution in [-0.2, 0) is 9.59 Å². The number of amides is 6. The molecule has 0 aliphatic carbocycles. The monoisotopic (exact) mass is 524 g/mol. The van der Waals surface area contributed by atoms with Crippen LogP contribution in [0.4, 0.5) is 9.59 Å². The molecule has 0 aromatic heterocycles. The molecular formula is C28H40N6O4. The van der Waals surface area contributed by atoms with E-state index in [0.29, 0.717) is 11.1 Å². The zero-order valence-electron chi connectivity index (χ0n) is 23.6. The molecule has 3 rings (SSSR count). The Hall–Kier alpha value is -3.50. The molecular weight excluding hydrogens is 484 g/mol. The normalized spacial score (nSPS) is 18.7. The second-order valence-corrected chi connectivity index (χ2v) is 10.8. The molecule has 1 aromatic rings. The van der Waals surface area contributed by atoms with E-state index in [0.717, 1.165) is 0 Å². The average Bonchev–Trinajstić information content (AvgIpc) is 3.23. The summed E-state index contributed by atoms with van der Waals surface area (Å²) in [6.45, 7) is 16.6. The number of carbonyl (C=O) groups is 4. The highest BCUT2D eigenvalue weighted by atomic mass is 16.2. The number of nitrogens with zero attached hydrogens (tertiary/aromatic N) is 4. The van der Waals surface area contributed by atoms with Crippen LogP contribution in [-0.4, -0.2) is 81.0 Å². The van der Waals surface area contributed by atoms with Crippen molar-refractivity contribution in [2.75, 3.05) is 13.3 Å². The number of nitrogens with one attached hydrogen (secondary N) is 2. The number of rotatable bonds is 10. The summed E-state index contributed by atoms with van der Waals surface area (Å²) in [5.41, 5.74) is 1.72. The van der Waals surface area contributed by atoms with Gasteiger partial charge in [0.15, 0.2) is 0 Å². The number of imide groups is 2. The van der Waals surface area contributed by atoms with E-state index in [2.05, 4.69) is 20.4 Å². The maximum atomic E-state index is 13.0. The Bertz CT molecular complexity index is 1050. The van der Waals surface area contributed by atoms with Gasteiger partial charge in [-0.1, -0.05) is 18.2 Å². The van der Waals surface area contributed by atoms with Crippen LogP contribution < -0.4 is 10.6 Å². The predicted octanol–water partition coefficient (Wildman–Crippen LogP) is 3.62. The van der Waals surface area contributed by atoms with Gasteiger partial charge in [0.25, 0.3) is 11.8 Å². The summed E-state index contributed by atoms with van der Waals surface area (Å²) in [5.74, 6) is -0.780.